The zero-order valence-corrected chi connectivity index (χ0v) is 11.4. The first-order chi connectivity index (χ1) is 8.20. The summed E-state index contributed by atoms with van der Waals surface area (Å²) in [4.78, 5) is 4.19. The van der Waals surface area contributed by atoms with Crippen LogP contribution in [0.25, 0.3) is 0 Å². The van der Waals surface area contributed by atoms with Gasteiger partial charge in [-0.25, -0.2) is 4.98 Å². The van der Waals surface area contributed by atoms with Crippen molar-refractivity contribution in [2.24, 2.45) is 0 Å². The number of nitriles is 1. The molecule has 1 aromatic carbocycles. The van der Waals surface area contributed by atoms with Crippen molar-refractivity contribution in [2.75, 3.05) is 5.32 Å². The van der Waals surface area contributed by atoms with E-state index in [0.29, 0.717) is 11.4 Å². The molecule has 0 aliphatic heterocycles. The van der Waals surface area contributed by atoms with Gasteiger partial charge in [0.15, 0.2) is 0 Å². The normalized spacial score (nSPS) is 9.71. The van der Waals surface area contributed by atoms with E-state index in [9.17, 15) is 0 Å². The van der Waals surface area contributed by atoms with Crippen LogP contribution in [0.4, 0.5) is 11.5 Å². The van der Waals surface area contributed by atoms with Crippen LogP contribution in [0.1, 0.15) is 11.1 Å². The minimum atomic E-state index is 0.589. The van der Waals surface area contributed by atoms with E-state index < -0.39 is 0 Å². The van der Waals surface area contributed by atoms with Crippen molar-refractivity contribution < 1.29 is 0 Å². The first-order valence-corrected chi connectivity index (χ1v) is 6.17. The van der Waals surface area contributed by atoms with Crippen LogP contribution in [0.15, 0.2) is 36.5 Å². The third-order valence-electron chi connectivity index (χ3n) is 2.38. The van der Waals surface area contributed by atoms with Crippen LogP contribution in [-0.2, 0) is 0 Å². The van der Waals surface area contributed by atoms with Crippen LogP contribution in [0.3, 0.4) is 0 Å². The van der Waals surface area contributed by atoms with Crippen molar-refractivity contribution in [3.05, 3.63) is 51.2 Å². The van der Waals surface area contributed by atoms with Crippen LogP contribution in [0.2, 0.25) is 0 Å². The highest BCUT2D eigenvalue weighted by molar-refractivity contribution is 14.1. The molecule has 0 radical (unpaired) electrons. The molecule has 2 aromatic rings. The zero-order chi connectivity index (χ0) is 12.3. The quantitative estimate of drug-likeness (QED) is 0.853. The van der Waals surface area contributed by atoms with Gasteiger partial charge < -0.3 is 5.32 Å². The smallest absolute Gasteiger partial charge is 0.148 e. The summed E-state index contributed by atoms with van der Waals surface area (Å²) in [6, 6.07) is 11.9. The molecule has 17 heavy (non-hydrogen) atoms. The number of aryl methyl sites for hydroxylation is 1. The van der Waals surface area contributed by atoms with Gasteiger partial charge in [0, 0.05) is 15.5 Å². The second-order valence-electron chi connectivity index (χ2n) is 3.60. The molecule has 84 valence electrons. The minimum absolute atomic E-state index is 0.589. The standard InChI is InChI=1S/C13H10IN3/c1-9-6-7-16-13(12(9)8-15)17-11-4-2-10(14)3-5-11/h2-7H,1H3,(H,16,17). The number of hydrogen-bond donors (Lipinski definition) is 1. The van der Waals surface area contributed by atoms with Crippen molar-refractivity contribution in [1.29, 1.82) is 5.26 Å². The number of halogens is 1. The number of nitrogens with one attached hydrogen (secondary N) is 1. The molecule has 4 heteroatoms. The maximum atomic E-state index is 9.09. The van der Waals surface area contributed by atoms with E-state index in [0.717, 1.165) is 11.3 Å². The van der Waals surface area contributed by atoms with Gasteiger partial charge in [0.25, 0.3) is 0 Å². The Kier molecular flexibility index (Phi) is 3.59. The lowest BCUT2D eigenvalue weighted by Gasteiger charge is -2.08. The van der Waals surface area contributed by atoms with Gasteiger partial charge in [0.1, 0.15) is 11.9 Å². The molecule has 1 aromatic heterocycles. The fraction of sp³-hybridized carbons (Fsp3) is 0.0769. The van der Waals surface area contributed by atoms with Crippen molar-refractivity contribution >= 4 is 34.1 Å². The monoisotopic (exact) mass is 335 g/mol. The molecule has 0 amide bonds. The molecule has 0 unspecified atom stereocenters. The summed E-state index contributed by atoms with van der Waals surface area (Å²) in [5.41, 5.74) is 2.45. The number of nitrogens with zero attached hydrogens (tertiary/aromatic N) is 2. The van der Waals surface area contributed by atoms with Gasteiger partial charge in [-0.3, -0.25) is 0 Å². The van der Waals surface area contributed by atoms with E-state index in [2.05, 4.69) is 39.0 Å². The van der Waals surface area contributed by atoms with Crippen molar-refractivity contribution in [1.82, 2.24) is 4.98 Å². The predicted molar refractivity (Wildman–Crippen MR) is 76.1 cm³/mol. The lowest BCUT2D eigenvalue weighted by molar-refractivity contribution is 1.24. The summed E-state index contributed by atoms with van der Waals surface area (Å²) in [7, 11) is 0. The van der Waals surface area contributed by atoms with Gasteiger partial charge in [-0.2, -0.15) is 5.26 Å². The third-order valence-corrected chi connectivity index (χ3v) is 3.10. The molecule has 0 spiro atoms. The Balaban J connectivity index is 2.34. The summed E-state index contributed by atoms with van der Waals surface area (Å²) in [6.45, 7) is 1.90. The van der Waals surface area contributed by atoms with Gasteiger partial charge in [-0.15, -0.1) is 0 Å². The molecule has 0 aliphatic carbocycles. The fourth-order valence-electron chi connectivity index (χ4n) is 1.46. The largest absolute Gasteiger partial charge is 0.339 e. The van der Waals surface area contributed by atoms with Crippen molar-refractivity contribution in [3.63, 3.8) is 0 Å². The molecular weight excluding hydrogens is 325 g/mol. The van der Waals surface area contributed by atoms with E-state index >= 15 is 0 Å². The Labute approximate surface area is 114 Å². The summed E-state index contributed by atoms with van der Waals surface area (Å²) in [6.07, 6.45) is 1.70. The Morgan fingerprint density at radius 1 is 1.24 bits per heavy atom. The molecule has 0 atom stereocenters. The van der Waals surface area contributed by atoms with E-state index in [1.54, 1.807) is 6.20 Å². The Hall–Kier alpha value is -1.61. The average molecular weight is 335 g/mol. The zero-order valence-electron chi connectivity index (χ0n) is 9.24. The van der Waals surface area contributed by atoms with E-state index in [1.807, 2.05) is 37.3 Å². The number of rotatable bonds is 2. The molecule has 0 aliphatic rings. The van der Waals surface area contributed by atoms with Gasteiger partial charge in [-0.1, -0.05) is 0 Å². The topological polar surface area (TPSA) is 48.7 Å². The summed E-state index contributed by atoms with van der Waals surface area (Å²) < 4.78 is 1.17. The highest BCUT2D eigenvalue weighted by atomic mass is 127. The van der Waals surface area contributed by atoms with Gasteiger partial charge in [0.05, 0.1) is 5.56 Å². The Morgan fingerprint density at radius 3 is 2.59 bits per heavy atom. The molecule has 0 bridgehead atoms. The van der Waals surface area contributed by atoms with E-state index in [-0.39, 0.29) is 0 Å². The summed E-state index contributed by atoms with van der Waals surface area (Å²) in [5.74, 6) is 0.605. The predicted octanol–water partition coefficient (Wildman–Crippen LogP) is 3.61. The highest BCUT2D eigenvalue weighted by Crippen LogP contribution is 2.20. The SMILES string of the molecule is Cc1ccnc(Nc2ccc(I)cc2)c1C#N. The third kappa shape index (κ3) is 2.74. The summed E-state index contributed by atoms with van der Waals surface area (Å²) >= 11 is 2.25. The molecule has 1 heterocycles. The van der Waals surface area contributed by atoms with Crippen LogP contribution >= 0.6 is 22.6 Å². The second-order valence-corrected chi connectivity index (χ2v) is 4.84. The van der Waals surface area contributed by atoms with Crippen LogP contribution in [-0.4, -0.2) is 4.98 Å². The number of aromatic nitrogens is 1. The summed E-state index contributed by atoms with van der Waals surface area (Å²) in [5, 5.41) is 12.2. The van der Waals surface area contributed by atoms with E-state index in [1.165, 1.54) is 3.57 Å². The number of benzene rings is 1. The van der Waals surface area contributed by atoms with Crippen molar-refractivity contribution in [3.8, 4) is 6.07 Å². The molecule has 0 fully saturated rings. The second kappa shape index (κ2) is 5.15. The lowest BCUT2D eigenvalue weighted by Crippen LogP contribution is -1.98. The van der Waals surface area contributed by atoms with Gasteiger partial charge in [0.2, 0.25) is 0 Å². The Bertz CT molecular complexity index is 570. The maximum absolute atomic E-state index is 9.09. The first kappa shape index (κ1) is 11.9. The number of pyridine rings is 1. The average Bonchev–Trinajstić information content (AvgIpc) is 2.32. The first-order valence-electron chi connectivity index (χ1n) is 5.09. The fourth-order valence-corrected chi connectivity index (χ4v) is 1.82. The molecule has 0 saturated heterocycles. The number of anilines is 2. The molecule has 2 rings (SSSR count). The van der Waals surface area contributed by atoms with E-state index in [4.69, 9.17) is 5.26 Å². The number of hydrogen-bond acceptors (Lipinski definition) is 3. The van der Waals surface area contributed by atoms with Crippen molar-refractivity contribution in [2.45, 2.75) is 6.92 Å². The Morgan fingerprint density at radius 2 is 1.94 bits per heavy atom. The van der Waals surface area contributed by atoms with Gasteiger partial charge in [-0.05, 0) is 65.4 Å². The molecular formula is C13H10IN3. The van der Waals surface area contributed by atoms with Gasteiger partial charge >= 0.3 is 0 Å². The minimum Gasteiger partial charge on any atom is -0.339 e. The van der Waals surface area contributed by atoms with Crippen LogP contribution in [0.5, 0.6) is 0 Å². The van der Waals surface area contributed by atoms with Crippen LogP contribution in [0, 0.1) is 21.8 Å². The lowest BCUT2D eigenvalue weighted by atomic mass is 10.1. The maximum Gasteiger partial charge on any atom is 0.148 e. The van der Waals surface area contributed by atoms with Crippen LogP contribution < -0.4 is 5.32 Å². The molecule has 0 saturated carbocycles. The highest BCUT2D eigenvalue weighted by Gasteiger charge is 2.06. The molecule has 1 N–H and O–H groups in total. The molecule has 3 nitrogen and oxygen atoms in total.